The molecule has 0 aliphatic carbocycles. The molecule has 0 aromatic heterocycles. The molecule has 2 rings (SSSR count). The van der Waals surface area contributed by atoms with E-state index in [4.69, 9.17) is 19.5 Å². The predicted octanol–water partition coefficient (Wildman–Crippen LogP) is -4.30. The summed E-state index contributed by atoms with van der Waals surface area (Å²) < 4.78 is 14.7. The molecule has 0 amide bonds. The fraction of sp³-hybridized carbons (Fsp3) is 1.00. The fourth-order valence-electron chi connectivity index (χ4n) is 2.11. The Kier molecular flexibility index (Phi) is 5.45. The Hall–Kier alpha value is -0.440. The minimum atomic E-state index is -1.81. The van der Waals surface area contributed by atoms with Crippen LogP contribution in [0.2, 0.25) is 0 Å². The second-order valence-electron chi connectivity index (χ2n) is 4.83. The van der Waals surface area contributed by atoms with Gasteiger partial charge in [-0.2, -0.15) is 0 Å². The molecule has 0 bridgehead atoms. The maximum Gasteiger partial charge on any atom is 0.193 e. The van der Waals surface area contributed by atoms with Gasteiger partial charge in [-0.3, -0.25) is 5.26 Å². The molecular formula is C10H18O11. The molecule has 9 atom stereocenters. The van der Waals surface area contributed by atoms with E-state index in [1.165, 1.54) is 0 Å². The summed E-state index contributed by atoms with van der Waals surface area (Å²) in [7, 11) is 0. The summed E-state index contributed by atoms with van der Waals surface area (Å²) in [6.07, 6.45) is -14.4. The quantitative estimate of drug-likeness (QED) is 0.198. The molecule has 0 aromatic rings. The van der Waals surface area contributed by atoms with E-state index in [-0.39, 0.29) is 6.61 Å². The van der Waals surface area contributed by atoms with Gasteiger partial charge in [-0.05, 0) is 0 Å². The third-order valence-corrected chi connectivity index (χ3v) is 3.41. The Morgan fingerprint density at radius 3 is 2.05 bits per heavy atom. The van der Waals surface area contributed by atoms with Gasteiger partial charge in [0.1, 0.15) is 30.5 Å². The second kappa shape index (κ2) is 6.76. The second-order valence-corrected chi connectivity index (χ2v) is 4.83. The molecule has 7 N–H and O–H groups in total. The normalized spacial score (nSPS) is 51.9. The molecule has 0 unspecified atom stereocenters. The molecule has 2 saturated heterocycles. The van der Waals surface area contributed by atoms with Gasteiger partial charge < -0.3 is 44.8 Å². The van der Waals surface area contributed by atoms with Crippen LogP contribution < -0.4 is 0 Å². The van der Waals surface area contributed by atoms with Crippen molar-refractivity contribution in [3.05, 3.63) is 0 Å². The Labute approximate surface area is 118 Å². The fourth-order valence-corrected chi connectivity index (χ4v) is 2.11. The van der Waals surface area contributed by atoms with E-state index < -0.39 is 55.5 Å². The Morgan fingerprint density at radius 1 is 0.810 bits per heavy atom. The molecule has 21 heavy (non-hydrogen) atoms. The van der Waals surface area contributed by atoms with Crippen molar-refractivity contribution in [2.45, 2.75) is 55.5 Å². The number of ether oxygens (including phenoxy) is 3. The summed E-state index contributed by atoms with van der Waals surface area (Å²) in [5, 5.41) is 65.5. The van der Waals surface area contributed by atoms with Gasteiger partial charge in [0.2, 0.25) is 0 Å². The lowest BCUT2D eigenvalue weighted by Gasteiger charge is -2.42. The first kappa shape index (κ1) is 16.9. The highest BCUT2D eigenvalue weighted by molar-refractivity contribution is 4.88. The zero-order chi connectivity index (χ0) is 15.7. The summed E-state index contributed by atoms with van der Waals surface area (Å²) in [4.78, 5) is 3.95. The minimum absolute atomic E-state index is 0.327. The van der Waals surface area contributed by atoms with Crippen molar-refractivity contribution < 1.29 is 55.0 Å². The van der Waals surface area contributed by atoms with Crippen LogP contribution in [0.25, 0.3) is 0 Å². The predicted molar refractivity (Wildman–Crippen MR) is 59.2 cm³/mol. The summed E-state index contributed by atoms with van der Waals surface area (Å²) in [6.45, 7) is -0.327. The third kappa shape index (κ3) is 3.33. The zero-order valence-electron chi connectivity index (χ0n) is 10.7. The maximum absolute atomic E-state index is 9.73. The number of aliphatic hydroxyl groups is 6. The lowest BCUT2D eigenvalue weighted by Crippen LogP contribution is -2.62. The topological polar surface area (TPSA) is 179 Å². The Balaban J connectivity index is 2.03. The molecule has 2 aliphatic heterocycles. The van der Waals surface area contributed by atoms with E-state index in [0.29, 0.717) is 0 Å². The molecule has 0 saturated carbocycles. The van der Waals surface area contributed by atoms with E-state index in [1.807, 2.05) is 0 Å². The van der Waals surface area contributed by atoms with Gasteiger partial charge in [-0.1, -0.05) is 0 Å². The van der Waals surface area contributed by atoms with Gasteiger partial charge in [0.15, 0.2) is 25.0 Å². The zero-order valence-corrected chi connectivity index (χ0v) is 10.7. The van der Waals surface area contributed by atoms with Crippen molar-refractivity contribution in [1.29, 1.82) is 0 Å². The van der Waals surface area contributed by atoms with Crippen LogP contribution in [-0.2, 0) is 19.1 Å². The highest BCUT2D eigenvalue weighted by Crippen LogP contribution is 2.26. The van der Waals surface area contributed by atoms with Crippen molar-refractivity contribution in [3.63, 3.8) is 0 Å². The van der Waals surface area contributed by atoms with Gasteiger partial charge in [0.25, 0.3) is 0 Å². The number of aliphatic hydroxyl groups excluding tert-OH is 6. The van der Waals surface area contributed by atoms with Crippen LogP contribution in [0.5, 0.6) is 0 Å². The van der Waals surface area contributed by atoms with Crippen molar-refractivity contribution in [2.24, 2.45) is 0 Å². The van der Waals surface area contributed by atoms with E-state index >= 15 is 0 Å². The molecule has 11 nitrogen and oxygen atoms in total. The monoisotopic (exact) mass is 314 g/mol. The van der Waals surface area contributed by atoms with Crippen LogP contribution in [0, 0.1) is 0 Å². The van der Waals surface area contributed by atoms with Crippen LogP contribution in [0.3, 0.4) is 0 Å². The summed E-state index contributed by atoms with van der Waals surface area (Å²) in [5.41, 5.74) is 0. The van der Waals surface area contributed by atoms with Crippen molar-refractivity contribution in [2.75, 3.05) is 6.61 Å². The molecule has 124 valence electrons. The molecule has 0 radical (unpaired) electrons. The Bertz CT molecular complexity index is 341. The Morgan fingerprint density at radius 2 is 1.43 bits per heavy atom. The molecule has 0 spiro atoms. The largest absolute Gasteiger partial charge is 0.387 e. The average Bonchev–Trinajstić information content (AvgIpc) is 2.46. The van der Waals surface area contributed by atoms with Gasteiger partial charge in [0, 0.05) is 0 Å². The van der Waals surface area contributed by atoms with Crippen molar-refractivity contribution >= 4 is 0 Å². The lowest BCUT2D eigenvalue weighted by molar-refractivity contribution is -0.417. The molecule has 2 heterocycles. The minimum Gasteiger partial charge on any atom is -0.387 e. The van der Waals surface area contributed by atoms with Gasteiger partial charge in [0.05, 0.1) is 6.61 Å². The van der Waals surface area contributed by atoms with E-state index in [0.717, 1.165) is 0 Å². The third-order valence-electron chi connectivity index (χ3n) is 3.41. The van der Waals surface area contributed by atoms with Crippen LogP contribution >= 0.6 is 0 Å². The number of rotatable bonds is 3. The van der Waals surface area contributed by atoms with Gasteiger partial charge in [-0.25, -0.2) is 4.89 Å². The van der Waals surface area contributed by atoms with E-state index in [1.54, 1.807) is 0 Å². The van der Waals surface area contributed by atoms with Crippen molar-refractivity contribution in [3.8, 4) is 0 Å². The SMILES string of the molecule is OO[C@H]1[C@H](O[C@@H]2CO[C@@H](O)[C@H](O)[C@H]2O)O[C@H](O)[C@@H](O)[C@@H]1O. The van der Waals surface area contributed by atoms with Crippen LogP contribution in [0.4, 0.5) is 0 Å². The van der Waals surface area contributed by atoms with Crippen molar-refractivity contribution in [1.82, 2.24) is 0 Å². The molecule has 11 heteroatoms. The molecule has 2 fully saturated rings. The number of hydrogen-bond acceptors (Lipinski definition) is 11. The highest BCUT2D eigenvalue weighted by atomic mass is 17.1. The van der Waals surface area contributed by atoms with E-state index in [2.05, 4.69) is 4.89 Å². The molecule has 0 aromatic carbocycles. The van der Waals surface area contributed by atoms with Gasteiger partial charge in [-0.15, -0.1) is 0 Å². The summed E-state index contributed by atoms with van der Waals surface area (Å²) >= 11 is 0. The van der Waals surface area contributed by atoms with Crippen LogP contribution in [0.15, 0.2) is 0 Å². The maximum atomic E-state index is 9.73. The van der Waals surface area contributed by atoms with Gasteiger partial charge >= 0.3 is 0 Å². The smallest absolute Gasteiger partial charge is 0.193 e. The summed E-state index contributed by atoms with van der Waals surface area (Å²) in [5.74, 6) is 0. The standard InChI is InChI=1S/C10H18O11/c11-3-2(1-18-8(15)5(3)13)19-10-7(21-17)4(12)6(14)9(16)20-10/h2-17H,1H2/t2-,3+,4+,5-,6+,7-,8-,9+,10-/m1/s1. The average molecular weight is 314 g/mol. The van der Waals surface area contributed by atoms with Crippen LogP contribution in [0.1, 0.15) is 0 Å². The highest BCUT2D eigenvalue weighted by Gasteiger charge is 2.48. The van der Waals surface area contributed by atoms with Crippen LogP contribution in [-0.4, -0.2) is 98.0 Å². The first-order valence-electron chi connectivity index (χ1n) is 6.18. The molecule has 2 aliphatic rings. The van der Waals surface area contributed by atoms with E-state index in [9.17, 15) is 30.6 Å². The summed E-state index contributed by atoms with van der Waals surface area (Å²) in [6, 6.07) is 0. The molecular weight excluding hydrogens is 296 g/mol. The first-order chi connectivity index (χ1) is 9.86. The first-order valence-corrected chi connectivity index (χ1v) is 6.18. The lowest BCUT2D eigenvalue weighted by atomic mass is 10.0. The number of hydrogen-bond donors (Lipinski definition) is 7.